The molecule has 8 rings (SSSR count). The number of carbonyl (C=O) groups excluding carboxylic acids is 2. The van der Waals surface area contributed by atoms with Crippen LogP contribution in [0.4, 0.5) is 9.18 Å². The lowest BCUT2D eigenvalue weighted by Crippen LogP contribution is -2.77. The number of piperazine rings is 1. The Kier molecular flexibility index (Phi) is 7.70. The molecule has 1 aromatic heterocycles. The number of aromatic nitrogens is 1. The van der Waals surface area contributed by atoms with Crippen LogP contribution in [0.2, 0.25) is 0 Å². The van der Waals surface area contributed by atoms with Gasteiger partial charge in [0, 0.05) is 62.1 Å². The van der Waals surface area contributed by atoms with Gasteiger partial charge in [0.25, 0.3) is 10.2 Å². The molecule has 4 N–H and O–H groups in total. The van der Waals surface area contributed by atoms with Crippen LogP contribution in [0, 0.1) is 18.2 Å². The van der Waals surface area contributed by atoms with Gasteiger partial charge in [-0.15, -0.1) is 11.3 Å². The number of hydrogen-bond donors (Lipinski definition) is 3. The molecule has 3 saturated carbocycles. The number of rotatable bonds is 10. The maximum atomic E-state index is 14.8. The first-order valence-corrected chi connectivity index (χ1v) is 17.8. The highest BCUT2D eigenvalue weighted by Crippen LogP contribution is 2.70. The number of esters is 1. The summed E-state index contributed by atoms with van der Waals surface area (Å²) in [7, 11) is -3.76. The first kappa shape index (κ1) is 31.2. The summed E-state index contributed by atoms with van der Waals surface area (Å²) in [5.41, 5.74) is 1.58. The van der Waals surface area contributed by atoms with Crippen molar-refractivity contribution in [3.63, 3.8) is 0 Å². The highest BCUT2D eigenvalue weighted by atomic mass is 32.2. The van der Waals surface area contributed by atoms with Crippen LogP contribution in [0.3, 0.4) is 0 Å². The lowest BCUT2D eigenvalue weighted by molar-refractivity contribution is -0.194. The molecular formula is C30H37FN8O5S2. The molecule has 2 atom stereocenters. The molecular weight excluding hydrogens is 636 g/mol. The number of halogens is 1. The summed E-state index contributed by atoms with van der Waals surface area (Å²) in [4.78, 5) is 42.5. The van der Waals surface area contributed by atoms with E-state index < -0.39 is 22.2 Å². The molecule has 3 aliphatic carbocycles. The van der Waals surface area contributed by atoms with Crippen LogP contribution in [-0.4, -0.2) is 103 Å². The van der Waals surface area contributed by atoms with Crippen molar-refractivity contribution < 1.29 is 27.1 Å². The van der Waals surface area contributed by atoms with Crippen molar-refractivity contribution in [1.29, 1.82) is 0 Å². The lowest BCUT2D eigenvalue weighted by Gasteiger charge is -2.73. The number of ether oxygens (including phenoxy) is 1. The quantitative estimate of drug-likeness (QED) is 0.321. The molecule has 0 radical (unpaired) electrons. The molecule has 2 aromatic rings. The van der Waals surface area contributed by atoms with Gasteiger partial charge in [-0.25, -0.2) is 28.8 Å². The van der Waals surface area contributed by atoms with E-state index in [0.717, 1.165) is 19.3 Å². The molecule has 13 nitrogen and oxygen atoms in total. The predicted octanol–water partition coefficient (Wildman–Crippen LogP) is 1.64. The van der Waals surface area contributed by atoms with E-state index in [4.69, 9.17) is 14.9 Å². The summed E-state index contributed by atoms with van der Waals surface area (Å²) in [6.07, 6.45) is 3.97. The van der Waals surface area contributed by atoms with Gasteiger partial charge in [0.05, 0.1) is 18.2 Å². The fourth-order valence-corrected chi connectivity index (χ4v) is 9.06. The molecule has 3 aliphatic heterocycles. The number of amides is 2. The molecule has 0 unspecified atom stereocenters. The zero-order valence-electron chi connectivity index (χ0n) is 25.7. The zero-order valence-corrected chi connectivity index (χ0v) is 27.3. The van der Waals surface area contributed by atoms with Gasteiger partial charge >= 0.3 is 12.0 Å². The van der Waals surface area contributed by atoms with E-state index in [9.17, 15) is 22.4 Å². The maximum absolute atomic E-state index is 14.8. The van der Waals surface area contributed by atoms with Crippen LogP contribution < -0.4 is 15.2 Å². The number of fused-ring (bicyclic) bond motifs is 1. The molecule has 46 heavy (non-hydrogen) atoms. The second-order valence-corrected chi connectivity index (χ2v) is 15.3. The Hall–Kier alpha value is -3.44. The summed E-state index contributed by atoms with van der Waals surface area (Å²) in [5.74, 6) is -0.397. The fraction of sp³-hybridized carbons (Fsp3) is 0.533. The third-order valence-electron chi connectivity index (χ3n) is 10.0. The molecule has 2 saturated heterocycles. The van der Waals surface area contributed by atoms with Crippen molar-refractivity contribution in [2.75, 3.05) is 45.9 Å². The summed E-state index contributed by atoms with van der Waals surface area (Å²) in [6.45, 7) is 6.59. The number of urea groups is 1. The number of amidine groups is 1. The molecule has 2 amide bonds. The molecule has 16 heteroatoms. The topological polar surface area (TPSA) is 163 Å². The van der Waals surface area contributed by atoms with Crippen LogP contribution in [0.25, 0.3) is 0 Å². The van der Waals surface area contributed by atoms with Crippen molar-refractivity contribution in [3.05, 3.63) is 63.0 Å². The summed E-state index contributed by atoms with van der Waals surface area (Å²) >= 11 is 1.41. The Morgan fingerprint density at radius 1 is 1.26 bits per heavy atom. The lowest BCUT2D eigenvalue weighted by atomic mass is 9.39. The minimum absolute atomic E-state index is 0.0272. The number of carbonyl (C=O) groups is 2. The number of aliphatic imine (C=N–C) groups is 1. The minimum atomic E-state index is -3.76. The van der Waals surface area contributed by atoms with E-state index in [1.807, 2.05) is 15.2 Å². The second-order valence-electron chi connectivity index (χ2n) is 13.0. The van der Waals surface area contributed by atoms with Crippen LogP contribution in [0.5, 0.6) is 0 Å². The summed E-state index contributed by atoms with van der Waals surface area (Å²) < 4.78 is 45.5. The molecule has 4 heterocycles. The van der Waals surface area contributed by atoms with Gasteiger partial charge in [0.2, 0.25) is 0 Å². The van der Waals surface area contributed by atoms with Gasteiger partial charge in [-0.3, -0.25) is 9.89 Å². The molecule has 5 fully saturated rings. The zero-order chi connectivity index (χ0) is 32.4. The molecule has 246 valence electrons. The normalized spacial score (nSPS) is 29.1. The van der Waals surface area contributed by atoms with Crippen molar-refractivity contribution in [1.82, 2.24) is 29.7 Å². The monoisotopic (exact) mass is 672 g/mol. The summed E-state index contributed by atoms with van der Waals surface area (Å²) in [6, 6.07) is 3.99. The third kappa shape index (κ3) is 5.39. The van der Waals surface area contributed by atoms with E-state index in [1.54, 1.807) is 32.2 Å². The number of nitrogens with zero attached hydrogens (tertiary/aromatic N) is 5. The Bertz CT molecular complexity index is 1730. The van der Waals surface area contributed by atoms with Gasteiger partial charge < -0.3 is 19.9 Å². The van der Waals surface area contributed by atoms with E-state index in [-0.39, 0.29) is 35.5 Å². The van der Waals surface area contributed by atoms with Crippen LogP contribution in [0.15, 0.2) is 46.0 Å². The average Bonchev–Trinajstić information content (AvgIpc) is 3.61. The van der Waals surface area contributed by atoms with Crippen molar-refractivity contribution in [2.24, 2.45) is 15.5 Å². The standard InChI is InChI=1S/C30H37FN8O5S2/c1-3-44-27(40)23-22(35-25(26-33-7-10-45-26)36-24(23)20-5-4-6-21(31)18(20)2)13-37-8-9-38-19(11-37)12-39(28(38)41)30-14-29(15-30,16-30)17-34-46(32,42)43/h4-7,10,19,24,34H,3,8-9,11-17H2,1-2H3,(H,35,36)(H2,32,42,43)/t19-,24-,29?,30?/m0/s1. The highest BCUT2D eigenvalue weighted by molar-refractivity contribution is 7.87. The summed E-state index contributed by atoms with van der Waals surface area (Å²) in [5, 5.41) is 11.0. The van der Waals surface area contributed by atoms with E-state index in [1.165, 1.54) is 17.4 Å². The second kappa shape index (κ2) is 11.4. The molecule has 1 aromatic carbocycles. The van der Waals surface area contributed by atoms with E-state index in [2.05, 4.69) is 19.9 Å². The Labute approximate surface area is 270 Å². The van der Waals surface area contributed by atoms with Gasteiger partial charge in [0.15, 0.2) is 10.8 Å². The minimum Gasteiger partial charge on any atom is -0.463 e. The fourth-order valence-electron chi connectivity index (χ4n) is 7.97. The number of benzene rings is 1. The van der Waals surface area contributed by atoms with E-state index >= 15 is 0 Å². The smallest absolute Gasteiger partial charge is 0.338 e. The van der Waals surface area contributed by atoms with Crippen molar-refractivity contribution in [3.8, 4) is 0 Å². The van der Waals surface area contributed by atoms with Crippen LogP contribution in [0.1, 0.15) is 48.4 Å². The van der Waals surface area contributed by atoms with Crippen molar-refractivity contribution >= 4 is 39.4 Å². The van der Waals surface area contributed by atoms with Crippen LogP contribution in [-0.2, 0) is 19.7 Å². The maximum Gasteiger partial charge on any atom is 0.338 e. The van der Waals surface area contributed by atoms with Gasteiger partial charge in [-0.05, 0) is 55.7 Å². The predicted molar refractivity (Wildman–Crippen MR) is 168 cm³/mol. The van der Waals surface area contributed by atoms with Gasteiger partial charge in [-0.2, -0.15) is 8.42 Å². The first-order valence-electron chi connectivity index (χ1n) is 15.4. The number of thiazole rings is 1. The Morgan fingerprint density at radius 2 is 2.04 bits per heavy atom. The van der Waals surface area contributed by atoms with Gasteiger partial charge in [0.1, 0.15) is 11.9 Å². The molecule has 0 spiro atoms. The van der Waals surface area contributed by atoms with Crippen molar-refractivity contribution in [2.45, 2.75) is 50.7 Å². The molecule has 2 bridgehead atoms. The SMILES string of the molecule is CCOC(=O)C1=C(CN2CCN3C(=O)N(C45CC(CNS(N)(=O)=O)(C4)C5)C[C@@H]3C2)NC(c2nccs2)=N[C@H]1c1cccc(F)c1C. The first-order chi connectivity index (χ1) is 21.9. The van der Waals surface area contributed by atoms with E-state index in [0.29, 0.717) is 72.5 Å². The third-order valence-corrected chi connectivity index (χ3v) is 11.3. The average molecular weight is 673 g/mol. The number of nitrogens with two attached hydrogens (primary N) is 1. The van der Waals surface area contributed by atoms with Crippen LogP contribution >= 0.6 is 11.3 Å². The largest absolute Gasteiger partial charge is 0.463 e. The Balaban J connectivity index is 1.12. The highest BCUT2D eigenvalue weighted by Gasteiger charge is 2.72. The molecule has 6 aliphatic rings. The number of hydrogen-bond acceptors (Lipinski definition) is 10. The Morgan fingerprint density at radius 3 is 2.74 bits per heavy atom. The van der Waals surface area contributed by atoms with Gasteiger partial charge in [-0.1, -0.05) is 12.1 Å². The number of nitrogens with one attached hydrogen (secondary N) is 2.